The summed E-state index contributed by atoms with van der Waals surface area (Å²) in [5.74, 6) is -0.409. The van der Waals surface area contributed by atoms with Gasteiger partial charge in [-0.3, -0.25) is 9.78 Å². The molecule has 1 aromatic heterocycles. The standard InChI is InChI=1S/C26H35N3O4/c1-25(2,3)33-24(32)29-15-9-20-4-10-26(23(30)31,17-21(20)18-29)16-19-7-13-28(14-8-19)22-5-11-27-12-6-22/h4-6,11-12,17,19H,7-10,13-16,18H2,1-3H3,(H,30,31). The molecule has 0 aromatic carbocycles. The van der Waals surface area contributed by atoms with E-state index in [9.17, 15) is 14.7 Å². The van der Waals surface area contributed by atoms with Gasteiger partial charge in [0.25, 0.3) is 0 Å². The second-order valence-electron chi connectivity index (χ2n) is 10.6. The number of piperidine rings is 2. The number of nitrogens with zero attached hydrogens (tertiary/aromatic N) is 3. The normalized spacial score (nSPS) is 24.0. The molecule has 3 aliphatic rings. The molecule has 0 saturated carbocycles. The van der Waals surface area contributed by atoms with Gasteiger partial charge in [0.15, 0.2) is 0 Å². The maximum atomic E-state index is 12.6. The summed E-state index contributed by atoms with van der Waals surface area (Å²) in [5, 5.41) is 10.3. The summed E-state index contributed by atoms with van der Waals surface area (Å²) in [6.07, 6.45) is 11.2. The third-order valence-electron chi connectivity index (χ3n) is 6.96. The summed E-state index contributed by atoms with van der Waals surface area (Å²) in [5.41, 5.74) is 1.87. The Bertz CT molecular complexity index is 942. The quantitative estimate of drug-likeness (QED) is 0.714. The van der Waals surface area contributed by atoms with Gasteiger partial charge in [-0.1, -0.05) is 12.2 Å². The van der Waals surface area contributed by atoms with E-state index in [4.69, 9.17) is 4.74 Å². The Morgan fingerprint density at radius 2 is 1.85 bits per heavy atom. The predicted molar refractivity (Wildman–Crippen MR) is 127 cm³/mol. The van der Waals surface area contributed by atoms with Gasteiger partial charge >= 0.3 is 12.1 Å². The number of carbonyl (C=O) groups excluding carboxylic acids is 1. The lowest BCUT2D eigenvalue weighted by atomic mass is 9.69. The molecule has 0 spiro atoms. The molecule has 1 N–H and O–H groups in total. The number of aromatic nitrogens is 1. The van der Waals surface area contributed by atoms with Crippen molar-refractivity contribution in [2.75, 3.05) is 31.1 Å². The topological polar surface area (TPSA) is 83.0 Å². The lowest BCUT2D eigenvalue weighted by Crippen LogP contribution is -2.43. The Kier molecular flexibility index (Phi) is 6.50. The highest BCUT2D eigenvalue weighted by Gasteiger charge is 2.42. The Morgan fingerprint density at radius 1 is 1.15 bits per heavy atom. The van der Waals surface area contributed by atoms with Crippen LogP contribution in [-0.4, -0.2) is 58.8 Å². The maximum Gasteiger partial charge on any atom is 0.410 e. The minimum Gasteiger partial charge on any atom is -0.481 e. The van der Waals surface area contributed by atoms with Crippen LogP contribution in [0.2, 0.25) is 0 Å². The molecule has 3 heterocycles. The van der Waals surface area contributed by atoms with E-state index in [1.807, 2.05) is 51.4 Å². The van der Waals surface area contributed by atoms with Gasteiger partial charge in [-0.2, -0.15) is 0 Å². The van der Waals surface area contributed by atoms with Gasteiger partial charge in [0.1, 0.15) is 5.60 Å². The molecular weight excluding hydrogens is 418 g/mol. The number of aliphatic carboxylic acids is 1. The molecule has 2 fully saturated rings. The van der Waals surface area contributed by atoms with E-state index >= 15 is 0 Å². The van der Waals surface area contributed by atoms with Gasteiger partial charge in [-0.05, 0) is 82.1 Å². The van der Waals surface area contributed by atoms with Crippen LogP contribution in [0.15, 0.2) is 47.8 Å². The summed E-state index contributed by atoms with van der Waals surface area (Å²) in [6, 6.07) is 4.05. The molecule has 1 aliphatic carbocycles. The minimum absolute atomic E-state index is 0.336. The summed E-state index contributed by atoms with van der Waals surface area (Å²) >= 11 is 0. The van der Waals surface area contributed by atoms with Crippen LogP contribution < -0.4 is 4.90 Å². The lowest BCUT2D eigenvalue weighted by Gasteiger charge is -2.40. The molecule has 1 amide bonds. The van der Waals surface area contributed by atoms with Gasteiger partial charge in [-0.15, -0.1) is 0 Å². The molecule has 4 rings (SSSR count). The van der Waals surface area contributed by atoms with Crippen LogP contribution in [0.1, 0.15) is 52.9 Å². The Morgan fingerprint density at radius 3 is 2.48 bits per heavy atom. The number of amides is 1. The second-order valence-corrected chi connectivity index (χ2v) is 10.6. The number of carbonyl (C=O) groups is 2. The largest absolute Gasteiger partial charge is 0.481 e. The van der Waals surface area contributed by atoms with Crippen LogP contribution in [0.4, 0.5) is 10.5 Å². The summed E-state index contributed by atoms with van der Waals surface area (Å²) in [7, 11) is 0. The zero-order valence-electron chi connectivity index (χ0n) is 19.9. The molecule has 2 saturated heterocycles. The van der Waals surface area contributed by atoms with Gasteiger partial charge in [0.2, 0.25) is 0 Å². The van der Waals surface area contributed by atoms with Gasteiger partial charge in [0.05, 0.1) is 5.41 Å². The number of likely N-dealkylation sites (tertiary alicyclic amines) is 1. The van der Waals surface area contributed by atoms with Crippen molar-refractivity contribution in [3.63, 3.8) is 0 Å². The van der Waals surface area contributed by atoms with Crippen molar-refractivity contribution in [3.8, 4) is 0 Å². The number of anilines is 1. The fourth-order valence-electron chi connectivity index (χ4n) is 5.20. The van der Waals surface area contributed by atoms with Crippen LogP contribution in [0.5, 0.6) is 0 Å². The number of rotatable bonds is 4. The molecule has 1 atom stereocenters. The average Bonchev–Trinajstić information content (AvgIpc) is 2.78. The first-order chi connectivity index (χ1) is 15.7. The Hall–Kier alpha value is -2.83. The molecular formula is C26H35N3O4. The van der Waals surface area contributed by atoms with Gasteiger partial charge < -0.3 is 19.6 Å². The van der Waals surface area contributed by atoms with Crippen LogP contribution in [0.3, 0.4) is 0 Å². The van der Waals surface area contributed by atoms with Gasteiger partial charge in [-0.25, -0.2) is 4.79 Å². The van der Waals surface area contributed by atoms with Crippen LogP contribution in [-0.2, 0) is 9.53 Å². The van der Waals surface area contributed by atoms with E-state index in [1.165, 1.54) is 11.3 Å². The fraction of sp³-hybridized carbons (Fsp3) is 0.577. The maximum absolute atomic E-state index is 12.6. The number of carboxylic acids is 1. The number of pyridine rings is 1. The third kappa shape index (κ3) is 5.40. The predicted octanol–water partition coefficient (Wildman–Crippen LogP) is 4.66. The highest BCUT2D eigenvalue weighted by Crippen LogP contribution is 2.43. The highest BCUT2D eigenvalue weighted by atomic mass is 16.6. The Balaban J connectivity index is 1.44. The SMILES string of the molecule is CC(C)(C)OC(=O)N1CCC2=CCC(CC3CCN(c4ccncc4)CC3)(C(=O)O)C=C2C1. The Labute approximate surface area is 196 Å². The van der Waals surface area contributed by atoms with Crippen molar-refractivity contribution in [3.05, 3.63) is 47.8 Å². The van der Waals surface area contributed by atoms with E-state index < -0.39 is 17.0 Å². The molecule has 7 nitrogen and oxygen atoms in total. The van der Waals surface area contributed by atoms with Crippen molar-refractivity contribution < 1.29 is 19.4 Å². The van der Waals surface area contributed by atoms with Crippen LogP contribution >= 0.6 is 0 Å². The van der Waals surface area contributed by atoms with Crippen molar-refractivity contribution in [2.24, 2.45) is 11.3 Å². The number of hydrogen-bond acceptors (Lipinski definition) is 5. The lowest BCUT2D eigenvalue weighted by molar-refractivity contribution is -0.147. The number of carboxylic acid groups (broad SMARTS) is 1. The molecule has 7 heteroatoms. The summed E-state index contributed by atoms with van der Waals surface area (Å²) < 4.78 is 5.54. The first kappa shape index (κ1) is 23.3. The molecule has 1 aromatic rings. The molecule has 0 radical (unpaired) electrons. The van der Waals surface area contributed by atoms with E-state index in [1.54, 1.807) is 4.90 Å². The van der Waals surface area contributed by atoms with E-state index in [2.05, 4.69) is 16.0 Å². The fourth-order valence-corrected chi connectivity index (χ4v) is 5.20. The summed E-state index contributed by atoms with van der Waals surface area (Å²) in [6.45, 7) is 8.44. The van der Waals surface area contributed by atoms with Gasteiger partial charge in [0, 0.05) is 44.3 Å². The number of ether oxygens (including phenoxy) is 1. The van der Waals surface area contributed by atoms with Crippen molar-refractivity contribution in [2.45, 2.75) is 58.5 Å². The molecule has 178 valence electrons. The van der Waals surface area contributed by atoms with Crippen molar-refractivity contribution in [1.82, 2.24) is 9.88 Å². The van der Waals surface area contributed by atoms with E-state index in [-0.39, 0.29) is 6.09 Å². The number of allylic oxidation sites excluding steroid dienone is 1. The first-order valence-electron chi connectivity index (χ1n) is 11.9. The van der Waals surface area contributed by atoms with Crippen molar-refractivity contribution in [1.29, 1.82) is 0 Å². The summed E-state index contributed by atoms with van der Waals surface area (Å²) in [4.78, 5) is 33.2. The highest BCUT2D eigenvalue weighted by molar-refractivity contribution is 5.79. The minimum atomic E-state index is -0.903. The zero-order chi connectivity index (χ0) is 23.6. The average molecular weight is 454 g/mol. The van der Waals surface area contributed by atoms with E-state index in [0.29, 0.717) is 31.8 Å². The molecule has 33 heavy (non-hydrogen) atoms. The van der Waals surface area contributed by atoms with Crippen LogP contribution in [0.25, 0.3) is 0 Å². The number of fused-ring (bicyclic) bond motifs is 1. The number of hydrogen-bond donors (Lipinski definition) is 1. The molecule has 0 bridgehead atoms. The zero-order valence-corrected chi connectivity index (χ0v) is 19.9. The van der Waals surface area contributed by atoms with E-state index in [0.717, 1.165) is 37.9 Å². The van der Waals surface area contributed by atoms with Crippen molar-refractivity contribution >= 4 is 17.7 Å². The van der Waals surface area contributed by atoms with Crippen LogP contribution in [0, 0.1) is 11.3 Å². The molecule has 2 aliphatic heterocycles. The monoisotopic (exact) mass is 453 g/mol. The molecule has 1 unspecified atom stereocenters. The second kappa shape index (κ2) is 9.20. The smallest absolute Gasteiger partial charge is 0.410 e. The third-order valence-corrected chi connectivity index (χ3v) is 6.96. The first-order valence-corrected chi connectivity index (χ1v) is 11.9.